The minimum atomic E-state index is -0.576. The summed E-state index contributed by atoms with van der Waals surface area (Å²) in [6, 6.07) is 18.0. The Balaban J connectivity index is 1.47. The lowest BCUT2D eigenvalue weighted by molar-refractivity contribution is 0.0475. The van der Waals surface area contributed by atoms with E-state index in [1.165, 1.54) is 6.39 Å². The Morgan fingerprint density at radius 3 is 2.60 bits per heavy atom. The summed E-state index contributed by atoms with van der Waals surface area (Å²) >= 11 is 0. The van der Waals surface area contributed by atoms with Crippen LogP contribution in [0.15, 0.2) is 71.5 Å². The van der Waals surface area contributed by atoms with E-state index in [0.29, 0.717) is 22.2 Å². The molecule has 0 amide bonds. The minimum absolute atomic E-state index is 0.250. The summed E-state index contributed by atoms with van der Waals surface area (Å²) in [4.78, 5) is 28.4. The third kappa shape index (κ3) is 2.99. The van der Waals surface area contributed by atoms with Gasteiger partial charge in [0.15, 0.2) is 24.4 Å². The van der Waals surface area contributed by atoms with Gasteiger partial charge in [0.1, 0.15) is 5.52 Å². The van der Waals surface area contributed by atoms with Crippen LogP contribution in [-0.4, -0.2) is 23.3 Å². The molecular weight excluding hydrogens is 318 g/mol. The molecule has 0 radical (unpaired) electrons. The maximum atomic E-state index is 12.3. The molecule has 0 atom stereocenters. The first-order valence-electron chi connectivity index (χ1n) is 7.73. The predicted octanol–water partition coefficient (Wildman–Crippen LogP) is 4.02. The lowest BCUT2D eigenvalue weighted by atomic mass is 10.0. The molecule has 0 aliphatic rings. The molecule has 0 spiro atoms. The molecule has 4 aromatic rings. The highest BCUT2D eigenvalue weighted by molar-refractivity contribution is 6.02. The molecule has 0 saturated carbocycles. The van der Waals surface area contributed by atoms with E-state index in [0.717, 1.165) is 10.8 Å². The summed E-state index contributed by atoms with van der Waals surface area (Å²) < 4.78 is 10.3. The van der Waals surface area contributed by atoms with Gasteiger partial charge in [-0.2, -0.15) is 0 Å². The molecule has 0 aliphatic carbocycles. The zero-order valence-electron chi connectivity index (χ0n) is 13.1. The van der Waals surface area contributed by atoms with Gasteiger partial charge >= 0.3 is 5.97 Å². The number of benzene rings is 3. The fraction of sp³-hybridized carbons (Fsp3) is 0.0500. The Morgan fingerprint density at radius 1 is 0.920 bits per heavy atom. The van der Waals surface area contributed by atoms with Crippen molar-refractivity contribution in [2.75, 3.05) is 6.61 Å². The van der Waals surface area contributed by atoms with Crippen molar-refractivity contribution < 1.29 is 18.7 Å². The predicted molar refractivity (Wildman–Crippen MR) is 92.6 cm³/mol. The Bertz CT molecular complexity index is 1100. The molecule has 0 saturated heterocycles. The third-order valence-electron chi connectivity index (χ3n) is 3.97. The van der Waals surface area contributed by atoms with Crippen LogP contribution in [0.1, 0.15) is 20.7 Å². The highest BCUT2D eigenvalue weighted by Gasteiger charge is 2.13. The van der Waals surface area contributed by atoms with Gasteiger partial charge in [-0.15, -0.1) is 0 Å². The van der Waals surface area contributed by atoms with Crippen molar-refractivity contribution in [2.24, 2.45) is 0 Å². The second-order valence-electron chi connectivity index (χ2n) is 5.60. The van der Waals surface area contributed by atoms with Crippen LogP contribution in [-0.2, 0) is 4.74 Å². The molecular formula is C20H13NO4. The molecule has 5 heteroatoms. The van der Waals surface area contributed by atoms with Gasteiger partial charge in [0.05, 0.1) is 5.56 Å². The van der Waals surface area contributed by atoms with Crippen molar-refractivity contribution in [2.45, 2.75) is 0 Å². The van der Waals surface area contributed by atoms with E-state index < -0.39 is 5.97 Å². The first kappa shape index (κ1) is 15.1. The number of carbonyl (C=O) groups excluding carboxylic acids is 2. The van der Waals surface area contributed by atoms with Crippen LogP contribution in [0.5, 0.6) is 0 Å². The molecule has 0 unspecified atom stereocenters. The number of carbonyl (C=O) groups is 2. The SMILES string of the molecule is O=C(COC(=O)c1ccc2ncoc2c1)c1ccc2ccccc2c1. The summed E-state index contributed by atoms with van der Waals surface area (Å²) in [6.45, 7) is -0.314. The average molecular weight is 331 g/mol. The summed E-state index contributed by atoms with van der Waals surface area (Å²) in [5, 5.41) is 2.02. The quantitative estimate of drug-likeness (QED) is 0.417. The highest BCUT2D eigenvalue weighted by Crippen LogP contribution is 2.17. The van der Waals surface area contributed by atoms with Crippen LogP contribution in [0.3, 0.4) is 0 Å². The van der Waals surface area contributed by atoms with Gasteiger partial charge < -0.3 is 9.15 Å². The molecule has 1 heterocycles. The van der Waals surface area contributed by atoms with Gasteiger partial charge in [-0.3, -0.25) is 4.79 Å². The number of rotatable bonds is 4. The maximum absolute atomic E-state index is 12.3. The van der Waals surface area contributed by atoms with Gasteiger partial charge in [0.2, 0.25) is 0 Å². The number of nitrogens with zero attached hydrogens (tertiary/aromatic N) is 1. The molecule has 5 nitrogen and oxygen atoms in total. The Morgan fingerprint density at radius 2 is 1.72 bits per heavy atom. The number of ether oxygens (including phenoxy) is 1. The largest absolute Gasteiger partial charge is 0.454 e. The van der Waals surface area contributed by atoms with Gasteiger partial charge in [-0.05, 0) is 35.0 Å². The number of aromatic nitrogens is 1. The zero-order chi connectivity index (χ0) is 17.2. The molecule has 122 valence electrons. The van der Waals surface area contributed by atoms with Gasteiger partial charge in [-0.25, -0.2) is 9.78 Å². The molecule has 0 N–H and O–H groups in total. The highest BCUT2D eigenvalue weighted by atomic mass is 16.5. The molecule has 4 rings (SSSR count). The van der Waals surface area contributed by atoms with Crippen molar-refractivity contribution in [1.82, 2.24) is 4.98 Å². The zero-order valence-corrected chi connectivity index (χ0v) is 13.1. The van der Waals surface area contributed by atoms with Crippen LogP contribution in [0, 0.1) is 0 Å². The van der Waals surface area contributed by atoms with E-state index in [9.17, 15) is 9.59 Å². The van der Waals surface area contributed by atoms with E-state index in [2.05, 4.69) is 4.98 Å². The second kappa shape index (κ2) is 6.20. The lowest BCUT2D eigenvalue weighted by Gasteiger charge is -2.05. The lowest BCUT2D eigenvalue weighted by Crippen LogP contribution is -2.14. The van der Waals surface area contributed by atoms with Gasteiger partial charge in [0.25, 0.3) is 0 Å². The van der Waals surface area contributed by atoms with E-state index in [-0.39, 0.29) is 12.4 Å². The summed E-state index contributed by atoms with van der Waals surface area (Å²) in [7, 11) is 0. The fourth-order valence-corrected chi connectivity index (χ4v) is 2.64. The number of ketones is 1. The summed E-state index contributed by atoms with van der Waals surface area (Å²) in [5.41, 5.74) is 1.98. The average Bonchev–Trinajstić information content (AvgIpc) is 3.13. The number of fused-ring (bicyclic) bond motifs is 2. The molecule has 0 bridgehead atoms. The summed E-state index contributed by atoms with van der Waals surface area (Å²) in [6.07, 6.45) is 1.31. The molecule has 1 aromatic heterocycles. The standard InChI is InChI=1S/C20H13NO4/c22-18(15-6-5-13-3-1-2-4-14(13)9-15)11-24-20(23)16-7-8-17-19(10-16)25-12-21-17/h1-10,12H,11H2. The van der Waals surface area contributed by atoms with Crippen molar-refractivity contribution >= 4 is 33.6 Å². The van der Waals surface area contributed by atoms with Crippen molar-refractivity contribution in [1.29, 1.82) is 0 Å². The van der Waals surface area contributed by atoms with Crippen LogP contribution >= 0.6 is 0 Å². The van der Waals surface area contributed by atoms with Gasteiger partial charge in [0, 0.05) is 5.56 Å². The number of hydrogen-bond acceptors (Lipinski definition) is 5. The molecule has 25 heavy (non-hydrogen) atoms. The van der Waals surface area contributed by atoms with Crippen molar-refractivity contribution in [3.63, 3.8) is 0 Å². The smallest absolute Gasteiger partial charge is 0.338 e. The molecule has 0 aliphatic heterocycles. The first-order chi connectivity index (χ1) is 12.2. The summed E-state index contributed by atoms with van der Waals surface area (Å²) in [5.74, 6) is -0.827. The topological polar surface area (TPSA) is 69.4 Å². The van der Waals surface area contributed by atoms with E-state index in [4.69, 9.17) is 9.15 Å². The van der Waals surface area contributed by atoms with E-state index in [1.54, 1.807) is 30.3 Å². The third-order valence-corrected chi connectivity index (χ3v) is 3.97. The number of oxazole rings is 1. The molecule has 3 aromatic carbocycles. The minimum Gasteiger partial charge on any atom is -0.454 e. The molecule has 0 fully saturated rings. The van der Waals surface area contributed by atoms with Crippen LogP contribution < -0.4 is 0 Å². The van der Waals surface area contributed by atoms with Crippen molar-refractivity contribution in [3.8, 4) is 0 Å². The van der Waals surface area contributed by atoms with Gasteiger partial charge in [-0.1, -0.05) is 36.4 Å². The number of esters is 1. The van der Waals surface area contributed by atoms with E-state index in [1.807, 2.05) is 30.3 Å². The Kier molecular flexibility index (Phi) is 3.74. The number of Topliss-reactive ketones (excluding diaryl/α,β-unsaturated/α-hetero) is 1. The number of hydrogen-bond donors (Lipinski definition) is 0. The van der Waals surface area contributed by atoms with Crippen LogP contribution in [0.25, 0.3) is 21.9 Å². The normalized spacial score (nSPS) is 10.9. The Hall–Kier alpha value is -3.47. The maximum Gasteiger partial charge on any atom is 0.338 e. The van der Waals surface area contributed by atoms with Crippen molar-refractivity contribution in [3.05, 3.63) is 78.2 Å². The Labute approximate surface area is 142 Å². The first-order valence-corrected chi connectivity index (χ1v) is 7.73. The van der Waals surface area contributed by atoms with Crippen LogP contribution in [0.2, 0.25) is 0 Å². The fourth-order valence-electron chi connectivity index (χ4n) is 2.64. The van der Waals surface area contributed by atoms with E-state index >= 15 is 0 Å². The van der Waals surface area contributed by atoms with Crippen LogP contribution in [0.4, 0.5) is 0 Å². The second-order valence-corrected chi connectivity index (χ2v) is 5.60. The monoisotopic (exact) mass is 331 g/mol.